The molecule has 0 aliphatic carbocycles. The zero-order valence-electron chi connectivity index (χ0n) is 15.4. The van der Waals surface area contributed by atoms with Crippen LogP contribution in [0.25, 0.3) is 0 Å². The van der Waals surface area contributed by atoms with Gasteiger partial charge in [-0.25, -0.2) is 4.98 Å². The van der Waals surface area contributed by atoms with E-state index >= 15 is 0 Å². The van der Waals surface area contributed by atoms with Gasteiger partial charge in [-0.3, -0.25) is 19.5 Å². The summed E-state index contributed by atoms with van der Waals surface area (Å²) in [5.74, 6) is 1.35. The number of aromatic nitrogens is 5. The van der Waals surface area contributed by atoms with Crippen LogP contribution in [-0.4, -0.2) is 72.9 Å². The molecule has 1 atom stereocenters. The van der Waals surface area contributed by atoms with E-state index in [0.717, 1.165) is 49.9 Å². The average molecular weight is 358 g/mol. The number of aromatic amines is 1. The summed E-state index contributed by atoms with van der Waals surface area (Å²) in [6, 6.07) is 2.66. The highest BCUT2D eigenvalue weighted by Gasteiger charge is 2.24. The van der Waals surface area contributed by atoms with Crippen molar-refractivity contribution in [1.29, 1.82) is 0 Å². The molecule has 1 amide bonds. The van der Waals surface area contributed by atoms with Gasteiger partial charge >= 0.3 is 0 Å². The number of carbonyl (C=O) groups is 1. The molecule has 9 heteroatoms. The number of fused-ring (bicyclic) bond motifs is 1. The fourth-order valence-electron chi connectivity index (χ4n) is 3.72. The Hall–Kier alpha value is -2.26. The van der Waals surface area contributed by atoms with Gasteiger partial charge in [0.05, 0.1) is 30.9 Å². The van der Waals surface area contributed by atoms with Crippen LogP contribution in [0, 0.1) is 6.92 Å². The largest absolute Gasteiger partial charge is 0.335 e. The fourth-order valence-corrected chi connectivity index (χ4v) is 3.72. The van der Waals surface area contributed by atoms with Crippen molar-refractivity contribution in [2.75, 3.05) is 26.2 Å². The second-order valence-corrected chi connectivity index (χ2v) is 7.27. The summed E-state index contributed by atoms with van der Waals surface area (Å²) in [6.45, 7) is 10.1. The van der Waals surface area contributed by atoms with Crippen molar-refractivity contribution in [3.63, 3.8) is 0 Å². The van der Waals surface area contributed by atoms with Crippen LogP contribution in [0.3, 0.4) is 0 Å². The summed E-state index contributed by atoms with van der Waals surface area (Å²) in [4.78, 5) is 21.1. The van der Waals surface area contributed by atoms with Gasteiger partial charge in [0.2, 0.25) is 5.91 Å². The fraction of sp³-hybridized carbons (Fsp3) is 0.647. The molecule has 2 N–H and O–H groups in total. The van der Waals surface area contributed by atoms with E-state index in [1.165, 1.54) is 0 Å². The number of amides is 1. The molecule has 140 valence electrons. The number of hydrogen-bond acceptors (Lipinski definition) is 6. The van der Waals surface area contributed by atoms with E-state index in [1.807, 2.05) is 16.5 Å². The highest BCUT2D eigenvalue weighted by molar-refractivity contribution is 5.78. The van der Waals surface area contributed by atoms with Gasteiger partial charge in [0, 0.05) is 38.8 Å². The lowest BCUT2D eigenvalue weighted by atomic mass is 10.2. The number of H-pyrrole nitrogens is 1. The van der Waals surface area contributed by atoms with Gasteiger partial charge in [-0.1, -0.05) is 0 Å². The molecule has 2 aliphatic heterocycles. The lowest BCUT2D eigenvalue weighted by Crippen LogP contribution is -2.48. The molecule has 9 nitrogen and oxygen atoms in total. The molecule has 4 heterocycles. The van der Waals surface area contributed by atoms with Crippen LogP contribution in [0.2, 0.25) is 0 Å². The molecule has 0 aromatic carbocycles. The van der Waals surface area contributed by atoms with Crippen molar-refractivity contribution < 1.29 is 4.79 Å². The van der Waals surface area contributed by atoms with Crippen molar-refractivity contribution in [1.82, 2.24) is 40.1 Å². The number of nitrogens with zero attached hydrogens (tertiary/aromatic N) is 6. The van der Waals surface area contributed by atoms with Gasteiger partial charge in [-0.05, 0) is 19.9 Å². The predicted octanol–water partition coefficient (Wildman–Crippen LogP) is -0.312. The maximum Gasteiger partial charge on any atom is 0.230 e. The maximum absolute atomic E-state index is 12.5. The van der Waals surface area contributed by atoms with Crippen molar-refractivity contribution in [2.45, 2.75) is 45.9 Å². The summed E-state index contributed by atoms with van der Waals surface area (Å²) < 4.78 is 2.04. The van der Waals surface area contributed by atoms with Crippen LogP contribution < -0.4 is 5.32 Å². The Morgan fingerprint density at radius 3 is 3.00 bits per heavy atom. The Morgan fingerprint density at radius 1 is 1.35 bits per heavy atom. The maximum atomic E-state index is 12.5. The third kappa shape index (κ3) is 3.78. The van der Waals surface area contributed by atoms with Crippen molar-refractivity contribution >= 4 is 5.91 Å². The van der Waals surface area contributed by atoms with Crippen molar-refractivity contribution in [3.8, 4) is 0 Å². The molecule has 4 rings (SSSR count). The van der Waals surface area contributed by atoms with E-state index in [-0.39, 0.29) is 12.3 Å². The highest BCUT2D eigenvalue weighted by Crippen LogP contribution is 2.16. The minimum atomic E-state index is 0.0638. The second-order valence-electron chi connectivity index (χ2n) is 7.27. The van der Waals surface area contributed by atoms with E-state index in [9.17, 15) is 4.79 Å². The van der Waals surface area contributed by atoms with Crippen LogP contribution in [0.15, 0.2) is 6.07 Å². The molecule has 0 bridgehead atoms. The smallest absolute Gasteiger partial charge is 0.230 e. The Bertz CT molecular complexity index is 782. The first-order chi connectivity index (χ1) is 12.6. The number of hydrogen-bond donors (Lipinski definition) is 2. The van der Waals surface area contributed by atoms with E-state index in [2.05, 4.69) is 38.4 Å². The van der Waals surface area contributed by atoms with Crippen LogP contribution >= 0.6 is 0 Å². The van der Waals surface area contributed by atoms with Crippen LogP contribution in [0.5, 0.6) is 0 Å². The first-order valence-electron chi connectivity index (χ1n) is 9.24. The lowest BCUT2D eigenvalue weighted by Gasteiger charge is -2.31. The van der Waals surface area contributed by atoms with E-state index in [0.29, 0.717) is 25.0 Å². The standard InChI is InChI=1S/C17H26N8O/c1-12-9-23(4-3-18-12)10-14-7-15-11-24(5-6-25(15)22-14)17(26)8-16-19-13(2)20-21-16/h7,12,18H,3-6,8-11H2,1-2H3,(H,19,20,21)/t12-/m1/s1. The Morgan fingerprint density at radius 2 is 2.23 bits per heavy atom. The molecule has 2 aliphatic rings. The van der Waals surface area contributed by atoms with Gasteiger partial charge in [0.1, 0.15) is 5.82 Å². The first kappa shape index (κ1) is 17.2. The molecular formula is C17H26N8O. The third-order valence-corrected chi connectivity index (χ3v) is 4.99. The molecule has 2 aromatic heterocycles. The predicted molar refractivity (Wildman–Crippen MR) is 95.2 cm³/mol. The minimum absolute atomic E-state index is 0.0638. The summed E-state index contributed by atoms with van der Waals surface area (Å²) in [6.07, 6.45) is 0.240. The number of aryl methyl sites for hydroxylation is 1. The number of rotatable bonds is 4. The van der Waals surface area contributed by atoms with Gasteiger partial charge in [-0.2, -0.15) is 10.2 Å². The van der Waals surface area contributed by atoms with Gasteiger partial charge < -0.3 is 10.2 Å². The number of piperazine rings is 1. The normalized spacial score (nSPS) is 21.0. The van der Waals surface area contributed by atoms with Crippen molar-refractivity contribution in [2.24, 2.45) is 0 Å². The quantitative estimate of drug-likeness (QED) is 0.778. The Labute approximate surface area is 152 Å². The zero-order valence-corrected chi connectivity index (χ0v) is 15.4. The van der Waals surface area contributed by atoms with Crippen LogP contribution in [-0.2, 0) is 30.8 Å². The number of carbonyl (C=O) groups excluding carboxylic acids is 1. The summed E-state index contributed by atoms with van der Waals surface area (Å²) in [5.41, 5.74) is 2.20. The molecule has 0 spiro atoms. The van der Waals surface area contributed by atoms with Gasteiger partial charge in [-0.15, -0.1) is 0 Å². The number of nitrogens with one attached hydrogen (secondary N) is 2. The van der Waals surface area contributed by atoms with E-state index in [1.54, 1.807) is 0 Å². The highest BCUT2D eigenvalue weighted by atomic mass is 16.2. The summed E-state index contributed by atoms with van der Waals surface area (Å²) in [7, 11) is 0. The Kier molecular flexibility index (Phi) is 4.73. The zero-order chi connectivity index (χ0) is 18.1. The summed E-state index contributed by atoms with van der Waals surface area (Å²) in [5, 5.41) is 15.0. The van der Waals surface area contributed by atoms with Crippen LogP contribution in [0.4, 0.5) is 0 Å². The van der Waals surface area contributed by atoms with E-state index in [4.69, 9.17) is 5.10 Å². The SMILES string of the molecule is Cc1nc(CC(=O)N2CCn3nc(CN4CCN[C@H](C)C4)cc3C2)n[nH]1. The van der Waals surface area contributed by atoms with E-state index < -0.39 is 0 Å². The van der Waals surface area contributed by atoms with Gasteiger partial charge in [0.15, 0.2) is 5.82 Å². The van der Waals surface area contributed by atoms with Crippen molar-refractivity contribution in [3.05, 3.63) is 29.1 Å². The average Bonchev–Trinajstić information content (AvgIpc) is 3.19. The molecule has 1 fully saturated rings. The van der Waals surface area contributed by atoms with Crippen LogP contribution in [0.1, 0.15) is 30.0 Å². The molecule has 26 heavy (non-hydrogen) atoms. The second kappa shape index (κ2) is 7.16. The molecule has 0 unspecified atom stereocenters. The topological polar surface area (TPSA) is 95.0 Å². The monoisotopic (exact) mass is 358 g/mol. The lowest BCUT2D eigenvalue weighted by molar-refractivity contribution is -0.132. The van der Waals surface area contributed by atoms with Gasteiger partial charge in [0.25, 0.3) is 0 Å². The summed E-state index contributed by atoms with van der Waals surface area (Å²) >= 11 is 0. The third-order valence-electron chi connectivity index (χ3n) is 4.99. The minimum Gasteiger partial charge on any atom is -0.335 e. The molecule has 2 aromatic rings. The first-order valence-corrected chi connectivity index (χ1v) is 9.24. The molecular weight excluding hydrogens is 332 g/mol. The Balaban J connectivity index is 1.37. The molecule has 0 radical (unpaired) electrons. The molecule has 1 saturated heterocycles. The molecule has 0 saturated carbocycles.